The summed E-state index contributed by atoms with van der Waals surface area (Å²) in [5.41, 5.74) is 5.30. The molecule has 0 saturated heterocycles. The Morgan fingerprint density at radius 3 is 2.20 bits per heavy atom. The van der Waals surface area contributed by atoms with Gasteiger partial charge < -0.3 is 29.7 Å². The van der Waals surface area contributed by atoms with Gasteiger partial charge in [-0.25, -0.2) is 0 Å². The second-order valence-electron chi connectivity index (χ2n) is 8.87. The molecular formula is C29H33NO5. The minimum atomic E-state index is -0.581. The first-order valence-corrected chi connectivity index (χ1v) is 12.0. The van der Waals surface area contributed by atoms with Gasteiger partial charge in [-0.3, -0.25) is 0 Å². The van der Waals surface area contributed by atoms with E-state index in [2.05, 4.69) is 18.3 Å². The van der Waals surface area contributed by atoms with Gasteiger partial charge in [0.2, 0.25) is 6.79 Å². The molecule has 0 radical (unpaired) electrons. The molecule has 0 fully saturated rings. The topological polar surface area (TPSA) is 80.2 Å². The van der Waals surface area contributed by atoms with E-state index in [0.717, 1.165) is 45.8 Å². The lowest BCUT2D eigenvalue weighted by molar-refractivity contribution is 0.104. The van der Waals surface area contributed by atoms with E-state index in [-0.39, 0.29) is 19.1 Å². The largest absolute Gasteiger partial charge is 0.508 e. The van der Waals surface area contributed by atoms with Crippen molar-refractivity contribution < 1.29 is 24.4 Å². The highest BCUT2D eigenvalue weighted by Gasteiger charge is 2.18. The highest BCUT2D eigenvalue weighted by Crippen LogP contribution is 2.40. The number of aliphatic hydroxyl groups excluding tert-OH is 1. The minimum Gasteiger partial charge on any atom is -0.508 e. The number of hydrogen-bond donors (Lipinski definition) is 3. The summed E-state index contributed by atoms with van der Waals surface area (Å²) in [6.45, 7) is 7.15. The first-order valence-electron chi connectivity index (χ1n) is 12.0. The fraction of sp³-hybridized carbons (Fsp3) is 0.310. The first-order chi connectivity index (χ1) is 16.9. The van der Waals surface area contributed by atoms with Crippen molar-refractivity contribution in [3.63, 3.8) is 0 Å². The van der Waals surface area contributed by atoms with Gasteiger partial charge in [-0.05, 0) is 70.7 Å². The molecule has 0 aromatic heterocycles. The predicted molar refractivity (Wildman–Crippen MR) is 138 cm³/mol. The fourth-order valence-corrected chi connectivity index (χ4v) is 4.09. The molecule has 6 heteroatoms. The quantitative estimate of drug-likeness (QED) is 0.349. The maximum absolute atomic E-state index is 10.1. The number of phenolic OH excluding ortho intramolecular Hbond substituents is 1. The van der Waals surface area contributed by atoms with E-state index in [1.165, 1.54) is 0 Å². The van der Waals surface area contributed by atoms with Crippen LogP contribution in [0.1, 0.15) is 43.9 Å². The molecular weight excluding hydrogens is 442 g/mol. The highest BCUT2D eigenvalue weighted by atomic mass is 16.7. The van der Waals surface area contributed by atoms with Crippen LogP contribution in [0.15, 0.2) is 66.7 Å². The van der Waals surface area contributed by atoms with Crippen LogP contribution in [0.3, 0.4) is 0 Å². The van der Waals surface area contributed by atoms with Crippen molar-refractivity contribution in [2.75, 3.05) is 19.9 Å². The molecule has 0 bridgehead atoms. The van der Waals surface area contributed by atoms with Crippen LogP contribution in [-0.2, 0) is 0 Å². The zero-order valence-corrected chi connectivity index (χ0v) is 20.5. The van der Waals surface area contributed by atoms with Crippen LogP contribution in [0.5, 0.6) is 23.0 Å². The zero-order valence-electron chi connectivity index (χ0n) is 20.5. The molecule has 1 atom stereocenters. The molecule has 3 N–H and O–H groups in total. The van der Waals surface area contributed by atoms with Crippen molar-refractivity contribution in [2.24, 2.45) is 0 Å². The summed E-state index contributed by atoms with van der Waals surface area (Å²) in [4.78, 5) is 0. The van der Waals surface area contributed by atoms with Gasteiger partial charge in [0.25, 0.3) is 0 Å². The Morgan fingerprint density at radius 2 is 1.54 bits per heavy atom. The van der Waals surface area contributed by atoms with E-state index in [1.807, 2.05) is 62.4 Å². The van der Waals surface area contributed by atoms with Gasteiger partial charge in [-0.15, -0.1) is 0 Å². The highest BCUT2D eigenvalue weighted by molar-refractivity contribution is 5.99. The maximum atomic E-state index is 10.1. The van der Waals surface area contributed by atoms with Crippen LogP contribution in [0, 0.1) is 0 Å². The van der Waals surface area contributed by atoms with Crippen LogP contribution in [0.25, 0.3) is 11.1 Å². The zero-order chi connectivity index (χ0) is 24.8. The second kappa shape index (κ2) is 11.3. The SMILES string of the molecule is CCC(=C(c1ccc(O)cc1)c1ccc(OCC(O)CNC(C)C)cc1)c1ccc2c(c1)OCO2. The Labute approximate surface area is 206 Å². The lowest BCUT2D eigenvalue weighted by atomic mass is 9.88. The molecule has 4 rings (SSSR count). The normalized spacial score (nSPS) is 14.1. The number of rotatable bonds is 10. The predicted octanol–water partition coefficient (Wildman–Crippen LogP) is 5.23. The van der Waals surface area contributed by atoms with Gasteiger partial charge >= 0.3 is 0 Å². The van der Waals surface area contributed by atoms with E-state index < -0.39 is 6.10 Å². The van der Waals surface area contributed by atoms with E-state index in [0.29, 0.717) is 18.3 Å². The smallest absolute Gasteiger partial charge is 0.231 e. The minimum absolute atomic E-state index is 0.219. The molecule has 0 aliphatic carbocycles. The number of hydrogen-bond acceptors (Lipinski definition) is 6. The van der Waals surface area contributed by atoms with E-state index in [1.54, 1.807) is 12.1 Å². The molecule has 1 aliphatic rings. The van der Waals surface area contributed by atoms with Crippen molar-refractivity contribution >= 4 is 11.1 Å². The summed E-state index contributed by atoms with van der Waals surface area (Å²) in [5, 5.41) is 23.2. The average molecular weight is 476 g/mol. The van der Waals surface area contributed by atoms with Gasteiger partial charge in [0, 0.05) is 12.6 Å². The van der Waals surface area contributed by atoms with Gasteiger partial charge in [-0.2, -0.15) is 0 Å². The van der Waals surface area contributed by atoms with Crippen molar-refractivity contribution in [1.29, 1.82) is 0 Å². The Hall–Kier alpha value is -3.48. The summed E-state index contributed by atoms with van der Waals surface area (Å²) in [6.07, 6.45) is 0.214. The van der Waals surface area contributed by atoms with Gasteiger partial charge in [0.15, 0.2) is 11.5 Å². The van der Waals surface area contributed by atoms with Crippen molar-refractivity contribution in [3.05, 3.63) is 83.4 Å². The Kier molecular flexibility index (Phi) is 7.95. The van der Waals surface area contributed by atoms with Crippen LogP contribution in [-0.4, -0.2) is 42.3 Å². The molecule has 6 nitrogen and oxygen atoms in total. The maximum Gasteiger partial charge on any atom is 0.231 e. The molecule has 3 aromatic carbocycles. The van der Waals surface area contributed by atoms with Crippen LogP contribution in [0.2, 0.25) is 0 Å². The van der Waals surface area contributed by atoms with Gasteiger partial charge in [-0.1, -0.05) is 51.1 Å². The third-order valence-electron chi connectivity index (χ3n) is 5.88. The third kappa shape index (κ3) is 6.15. The summed E-state index contributed by atoms with van der Waals surface area (Å²) in [5.74, 6) is 2.42. The standard InChI is InChI=1S/C29H33NO5/c1-4-26(22-9-14-27-28(15-22)35-18-34-27)29(20-5-10-23(31)11-6-20)21-7-12-25(13-8-21)33-17-24(32)16-30-19(2)3/h5-15,19,24,30-32H,4,16-18H2,1-3H3. The lowest BCUT2D eigenvalue weighted by Gasteiger charge is -2.18. The molecule has 35 heavy (non-hydrogen) atoms. The summed E-state index contributed by atoms with van der Waals surface area (Å²) < 4.78 is 16.9. The van der Waals surface area contributed by atoms with Crippen molar-refractivity contribution in [1.82, 2.24) is 5.32 Å². The number of nitrogens with one attached hydrogen (secondary N) is 1. The number of aliphatic hydroxyl groups is 1. The Bertz CT molecular complexity index is 1150. The Morgan fingerprint density at radius 1 is 0.914 bits per heavy atom. The molecule has 184 valence electrons. The Balaban J connectivity index is 1.65. The number of phenols is 1. The molecule has 1 heterocycles. The number of ether oxygens (including phenoxy) is 3. The molecule has 0 saturated carbocycles. The van der Waals surface area contributed by atoms with Crippen LogP contribution >= 0.6 is 0 Å². The number of fused-ring (bicyclic) bond motifs is 1. The molecule has 1 unspecified atom stereocenters. The van der Waals surface area contributed by atoms with E-state index in [4.69, 9.17) is 14.2 Å². The first kappa shape index (κ1) is 24.6. The number of benzene rings is 3. The third-order valence-corrected chi connectivity index (χ3v) is 5.88. The van der Waals surface area contributed by atoms with Crippen molar-refractivity contribution in [2.45, 2.75) is 39.3 Å². The van der Waals surface area contributed by atoms with Crippen molar-refractivity contribution in [3.8, 4) is 23.0 Å². The van der Waals surface area contributed by atoms with Gasteiger partial charge in [0.1, 0.15) is 24.2 Å². The van der Waals surface area contributed by atoms with Crippen LogP contribution in [0.4, 0.5) is 0 Å². The molecule has 1 aliphatic heterocycles. The molecule has 3 aromatic rings. The average Bonchev–Trinajstić information content (AvgIpc) is 3.34. The monoisotopic (exact) mass is 475 g/mol. The van der Waals surface area contributed by atoms with Gasteiger partial charge in [0.05, 0.1) is 0 Å². The molecule has 0 spiro atoms. The van der Waals surface area contributed by atoms with E-state index >= 15 is 0 Å². The summed E-state index contributed by atoms with van der Waals surface area (Å²) in [6, 6.07) is 21.5. The number of aromatic hydroxyl groups is 1. The van der Waals surface area contributed by atoms with E-state index in [9.17, 15) is 10.2 Å². The second-order valence-corrected chi connectivity index (χ2v) is 8.87. The summed E-state index contributed by atoms with van der Waals surface area (Å²) >= 11 is 0. The van der Waals surface area contributed by atoms with Crippen LogP contribution < -0.4 is 19.5 Å². The fourth-order valence-electron chi connectivity index (χ4n) is 4.09. The summed E-state index contributed by atoms with van der Waals surface area (Å²) in [7, 11) is 0. The number of allylic oxidation sites excluding steroid dienone is 1. The molecule has 0 amide bonds. The lowest BCUT2D eigenvalue weighted by Crippen LogP contribution is -2.35.